The molecule has 58 heavy (non-hydrogen) atoms. The smallest absolute Gasteiger partial charge is 0.210 e. The second-order valence-corrected chi connectivity index (χ2v) is 18.2. The Morgan fingerprint density at radius 1 is 0.345 bits per heavy atom. The van der Waals surface area contributed by atoms with E-state index >= 15 is 0 Å². The first-order valence-corrected chi connectivity index (χ1v) is 25.7. The first-order chi connectivity index (χ1) is 28.5. The van der Waals surface area contributed by atoms with Crippen LogP contribution in [0.2, 0.25) is 0 Å². The Bertz CT molecular complexity index is 1440. The molecule has 3 rings (SSSR count). The fourth-order valence-corrected chi connectivity index (χ4v) is 9.44. The van der Waals surface area contributed by atoms with Gasteiger partial charge in [0.25, 0.3) is 0 Å². The van der Waals surface area contributed by atoms with Crippen molar-refractivity contribution in [2.24, 2.45) is 0 Å². The van der Waals surface area contributed by atoms with Crippen LogP contribution in [0.15, 0.2) is 35.9 Å². The first-order valence-electron chi connectivity index (χ1n) is 25.7. The predicted octanol–water partition coefficient (Wildman–Crippen LogP) is 18.4. The highest BCUT2D eigenvalue weighted by atomic mass is 15.2. The van der Waals surface area contributed by atoms with E-state index in [2.05, 4.69) is 78.8 Å². The Kier molecular flexibility index (Phi) is 26.3. The molecule has 2 aromatic rings. The summed E-state index contributed by atoms with van der Waals surface area (Å²) >= 11 is 0. The van der Waals surface area contributed by atoms with Crippen LogP contribution in [0.5, 0.6) is 0 Å². The van der Waals surface area contributed by atoms with Crippen LogP contribution in [0.3, 0.4) is 0 Å². The Balaban J connectivity index is 2.18. The van der Waals surface area contributed by atoms with Gasteiger partial charge in [-0.2, -0.15) is 0 Å². The van der Waals surface area contributed by atoms with E-state index in [9.17, 15) is 5.53 Å². The van der Waals surface area contributed by atoms with Gasteiger partial charge in [0.1, 0.15) is 0 Å². The van der Waals surface area contributed by atoms with Crippen LogP contribution in [0.25, 0.3) is 16.9 Å². The second-order valence-electron chi connectivity index (χ2n) is 18.2. The number of hydrogen-bond donors (Lipinski definition) is 0. The summed E-state index contributed by atoms with van der Waals surface area (Å²) in [7, 11) is 0. The zero-order valence-corrected chi connectivity index (χ0v) is 39.6. The standard InChI is InChI=1S/C56H92N2/c1-8-15-22-27-28-33-38-50-45-55(51-41-46(34-29-23-16-9-2)53(39-20-13-6)47(42-51)35-30-24-17-10-3)58(57)56(50)52-43-48(36-31-25-18-11-4)54(40-21-14-7)49(44-52)37-32-26-19-12-5/h41-45H,8-40H2,1-7H3. The molecule has 0 amide bonds. The van der Waals surface area contributed by atoms with Crippen molar-refractivity contribution >= 4 is 11.4 Å². The number of benzene rings is 2. The van der Waals surface area contributed by atoms with Gasteiger partial charge in [0, 0.05) is 22.8 Å². The summed E-state index contributed by atoms with van der Waals surface area (Å²) in [5.41, 5.74) is 28.1. The average Bonchev–Trinajstić information content (AvgIpc) is 3.56. The molecular weight excluding hydrogens is 701 g/mol. The largest absolute Gasteiger partial charge is 0.493 e. The highest BCUT2D eigenvalue weighted by Crippen LogP contribution is 2.41. The highest BCUT2D eigenvalue weighted by molar-refractivity contribution is 5.79. The molecule has 0 fully saturated rings. The molecule has 0 atom stereocenters. The normalized spacial score (nSPS) is 13.0. The second kappa shape index (κ2) is 30.5. The topological polar surface area (TPSA) is 25.3 Å². The van der Waals surface area contributed by atoms with Crippen molar-refractivity contribution in [3.05, 3.63) is 86.0 Å². The summed E-state index contributed by atoms with van der Waals surface area (Å²) in [6.45, 7) is 16.3. The van der Waals surface area contributed by atoms with Gasteiger partial charge < -0.3 is 5.53 Å². The molecule has 0 aromatic heterocycles. The van der Waals surface area contributed by atoms with Crippen LogP contribution in [0, 0.1) is 0 Å². The van der Waals surface area contributed by atoms with Crippen LogP contribution in [0.1, 0.15) is 266 Å². The lowest BCUT2D eigenvalue weighted by Crippen LogP contribution is -2.09. The predicted molar refractivity (Wildman–Crippen MR) is 258 cm³/mol. The minimum absolute atomic E-state index is 1.01. The van der Waals surface area contributed by atoms with E-state index in [0.717, 1.165) is 43.5 Å². The van der Waals surface area contributed by atoms with Crippen LogP contribution < -0.4 is 0 Å². The third-order valence-corrected chi connectivity index (χ3v) is 13.1. The SMILES string of the molecule is CCCCCCCCC1=C(c2cc(CCCCCC)c(CCCC)c(CCCCCC)c2)[N+](=[N-])C(c2cc(CCCCCC)c(CCCC)c(CCCCCC)c2)=C1. The molecule has 2 aromatic carbocycles. The van der Waals surface area contributed by atoms with Crippen LogP contribution in [-0.4, -0.2) is 4.70 Å². The van der Waals surface area contributed by atoms with Gasteiger partial charge in [0.2, 0.25) is 11.4 Å². The lowest BCUT2D eigenvalue weighted by atomic mass is 9.87. The average molecular weight is 793 g/mol. The number of unbranched alkanes of at least 4 members (excludes halogenated alkanes) is 19. The third-order valence-electron chi connectivity index (χ3n) is 13.1. The Hall–Kier alpha value is -2.48. The number of nitrogens with zero attached hydrogens (tertiary/aromatic N) is 2. The zero-order chi connectivity index (χ0) is 41.8. The number of allylic oxidation sites excluding steroid dienone is 2. The minimum atomic E-state index is 1.01. The summed E-state index contributed by atoms with van der Waals surface area (Å²) in [4.78, 5) is 0. The van der Waals surface area contributed by atoms with Crippen molar-refractivity contribution in [1.29, 1.82) is 0 Å². The molecule has 1 aliphatic rings. The molecule has 1 heterocycles. The molecule has 0 radical (unpaired) electrons. The fraction of sp³-hybridized carbons (Fsp3) is 0.714. The van der Waals surface area contributed by atoms with Gasteiger partial charge in [0.05, 0.1) is 0 Å². The van der Waals surface area contributed by atoms with E-state index in [1.807, 2.05) is 0 Å². The van der Waals surface area contributed by atoms with Crippen molar-refractivity contribution in [2.75, 3.05) is 0 Å². The summed E-state index contributed by atoms with van der Waals surface area (Å²) in [5.74, 6) is 0. The maximum Gasteiger partial charge on any atom is 0.210 e. The minimum Gasteiger partial charge on any atom is -0.493 e. The van der Waals surface area contributed by atoms with Gasteiger partial charge in [-0.25, -0.2) is 4.70 Å². The van der Waals surface area contributed by atoms with Crippen molar-refractivity contribution in [2.45, 2.75) is 260 Å². The van der Waals surface area contributed by atoms with Crippen LogP contribution in [0.4, 0.5) is 0 Å². The molecule has 1 aliphatic heterocycles. The van der Waals surface area contributed by atoms with Gasteiger partial charge in [-0.05, 0) is 148 Å². The number of aryl methyl sites for hydroxylation is 4. The van der Waals surface area contributed by atoms with E-state index in [4.69, 9.17) is 0 Å². The van der Waals surface area contributed by atoms with E-state index in [1.165, 1.54) is 196 Å². The quantitative estimate of drug-likeness (QED) is 0.0491. The van der Waals surface area contributed by atoms with E-state index in [0.29, 0.717) is 0 Å². The maximum atomic E-state index is 12.7. The number of hydrogen-bond acceptors (Lipinski definition) is 0. The Morgan fingerprint density at radius 2 is 0.655 bits per heavy atom. The molecule has 326 valence electrons. The molecule has 2 nitrogen and oxygen atoms in total. The third kappa shape index (κ3) is 16.9. The van der Waals surface area contributed by atoms with Gasteiger partial charge in [-0.3, -0.25) is 0 Å². The van der Waals surface area contributed by atoms with E-state index in [1.54, 1.807) is 38.1 Å². The molecular formula is C56H92N2. The van der Waals surface area contributed by atoms with Gasteiger partial charge >= 0.3 is 0 Å². The first kappa shape index (κ1) is 49.9. The van der Waals surface area contributed by atoms with E-state index < -0.39 is 0 Å². The summed E-state index contributed by atoms with van der Waals surface area (Å²) in [6, 6.07) is 10.1. The van der Waals surface area contributed by atoms with Gasteiger partial charge in [-0.1, -0.05) is 170 Å². The molecule has 0 N–H and O–H groups in total. The molecule has 0 saturated carbocycles. The van der Waals surface area contributed by atoms with Crippen molar-refractivity contribution in [1.82, 2.24) is 0 Å². The lowest BCUT2D eigenvalue weighted by molar-refractivity contribution is -0.344. The molecule has 0 spiro atoms. The lowest BCUT2D eigenvalue weighted by Gasteiger charge is -2.20. The van der Waals surface area contributed by atoms with Crippen LogP contribution >= 0.6 is 0 Å². The summed E-state index contributed by atoms with van der Waals surface area (Å²) in [5, 5.41) is 0. The molecule has 0 saturated heterocycles. The molecule has 0 aliphatic carbocycles. The Labute approximate surface area is 361 Å². The highest BCUT2D eigenvalue weighted by Gasteiger charge is 2.31. The van der Waals surface area contributed by atoms with Gasteiger partial charge in [0.15, 0.2) is 0 Å². The monoisotopic (exact) mass is 793 g/mol. The van der Waals surface area contributed by atoms with Gasteiger partial charge in [-0.15, -0.1) is 0 Å². The summed E-state index contributed by atoms with van der Waals surface area (Å²) in [6.07, 6.45) is 43.7. The van der Waals surface area contributed by atoms with Crippen molar-refractivity contribution in [3.8, 4) is 0 Å². The molecule has 2 heteroatoms. The Morgan fingerprint density at radius 3 is 1.03 bits per heavy atom. The molecule has 0 bridgehead atoms. The zero-order valence-electron chi connectivity index (χ0n) is 39.6. The van der Waals surface area contributed by atoms with Crippen molar-refractivity contribution in [3.63, 3.8) is 0 Å². The fourth-order valence-electron chi connectivity index (χ4n) is 9.44. The number of rotatable bonds is 35. The molecule has 0 unspecified atom stereocenters. The van der Waals surface area contributed by atoms with Crippen molar-refractivity contribution < 1.29 is 4.70 Å². The van der Waals surface area contributed by atoms with E-state index in [-0.39, 0.29) is 0 Å². The van der Waals surface area contributed by atoms with Crippen LogP contribution in [-0.2, 0) is 38.5 Å². The summed E-state index contributed by atoms with van der Waals surface area (Å²) < 4.78 is 1.66. The maximum absolute atomic E-state index is 12.7.